The van der Waals surface area contributed by atoms with Crippen LogP contribution in [0.25, 0.3) is 5.65 Å². The van der Waals surface area contributed by atoms with Crippen LogP contribution in [0.3, 0.4) is 0 Å². The summed E-state index contributed by atoms with van der Waals surface area (Å²) >= 11 is 0. The molecule has 1 amide bonds. The van der Waals surface area contributed by atoms with Gasteiger partial charge in [0.15, 0.2) is 0 Å². The van der Waals surface area contributed by atoms with E-state index in [9.17, 15) is 4.79 Å². The summed E-state index contributed by atoms with van der Waals surface area (Å²) in [4.78, 5) is 21.9. The first kappa shape index (κ1) is 23.2. The van der Waals surface area contributed by atoms with E-state index in [1.807, 2.05) is 54.0 Å². The van der Waals surface area contributed by atoms with Gasteiger partial charge in [0.2, 0.25) is 5.91 Å². The van der Waals surface area contributed by atoms with Crippen molar-refractivity contribution < 1.29 is 4.79 Å². The first-order chi connectivity index (χ1) is 13.1. The van der Waals surface area contributed by atoms with E-state index in [4.69, 9.17) is 0 Å². The van der Waals surface area contributed by atoms with E-state index in [2.05, 4.69) is 26.5 Å². The van der Waals surface area contributed by atoms with E-state index in [0.29, 0.717) is 0 Å². The number of hydrogen-bond acceptors (Lipinski definition) is 5. The van der Waals surface area contributed by atoms with Crippen molar-refractivity contribution in [2.45, 2.75) is 12.6 Å². The Morgan fingerprint density at radius 3 is 2.55 bits per heavy atom. The molecule has 0 radical (unpaired) electrons. The lowest BCUT2D eigenvalue weighted by molar-refractivity contribution is -0.135. The summed E-state index contributed by atoms with van der Waals surface area (Å²) in [6.45, 7) is 3.96. The molecular weight excluding hydrogens is 413 g/mol. The minimum atomic E-state index is -0.344. The van der Waals surface area contributed by atoms with Gasteiger partial charge < -0.3 is 14.6 Å². The number of halogens is 2. The number of fused-ring (bicyclic) bond motifs is 1. The number of imidazole rings is 1. The summed E-state index contributed by atoms with van der Waals surface area (Å²) < 4.78 is 3.76. The van der Waals surface area contributed by atoms with Gasteiger partial charge in [-0.1, -0.05) is 6.07 Å². The number of rotatable bonds is 5. The Kier molecular flexibility index (Phi) is 8.04. The molecule has 1 aliphatic heterocycles. The molecule has 0 saturated carbocycles. The number of piperazine rings is 1. The van der Waals surface area contributed by atoms with E-state index in [0.717, 1.165) is 49.6 Å². The number of carbonyl (C=O) groups is 1. The van der Waals surface area contributed by atoms with Crippen LogP contribution in [-0.2, 0) is 18.4 Å². The van der Waals surface area contributed by atoms with Crippen molar-refractivity contribution in [3.05, 3.63) is 54.2 Å². The van der Waals surface area contributed by atoms with Crippen LogP contribution >= 0.6 is 24.8 Å². The zero-order chi connectivity index (χ0) is 18.8. The van der Waals surface area contributed by atoms with Crippen molar-refractivity contribution in [1.29, 1.82) is 0 Å². The van der Waals surface area contributed by atoms with E-state index >= 15 is 0 Å². The maximum absolute atomic E-state index is 12.9. The Hall–Kier alpha value is -2.13. The van der Waals surface area contributed by atoms with Crippen LogP contribution in [0.4, 0.5) is 0 Å². The summed E-state index contributed by atoms with van der Waals surface area (Å²) in [5.74, 6) is 0.109. The van der Waals surface area contributed by atoms with Gasteiger partial charge >= 0.3 is 0 Å². The zero-order valence-corrected chi connectivity index (χ0v) is 18.2. The van der Waals surface area contributed by atoms with E-state index < -0.39 is 0 Å². The molecule has 10 heteroatoms. The van der Waals surface area contributed by atoms with E-state index in [1.54, 1.807) is 10.9 Å². The predicted molar refractivity (Wildman–Crippen MR) is 117 cm³/mol. The van der Waals surface area contributed by atoms with Crippen molar-refractivity contribution in [2.75, 3.05) is 33.2 Å². The minimum Gasteiger partial charge on any atom is -0.338 e. The second-order valence-corrected chi connectivity index (χ2v) is 6.97. The highest BCUT2D eigenvalue weighted by atomic mass is 35.5. The molecular formula is C19H27Cl2N7O. The molecule has 1 saturated heterocycles. The van der Waals surface area contributed by atoms with E-state index in [-0.39, 0.29) is 36.8 Å². The van der Waals surface area contributed by atoms with Gasteiger partial charge in [-0.15, -0.1) is 24.8 Å². The third-order valence-electron chi connectivity index (χ3n) is 5.08. The number of nitrogens with one attached hydrogen (secondary N) is 1. The average molecular weight is 440 g/mol. The van der Waals surface area contributed by atoms with Crippen LogP contribution in [0.15, 0.2) is 43.0 Å². The number of likely N-dealkylation sites (N-methyl/N-ethyl adjacent to an activating group) is 1. The molecule has 29 heavy (non-hydrogen) atoms. The van der Waals surface area contributed by atoms with Crippen molar-refractivity contribution >= 4 is 36.4 Å². The standard InChI is InChI=1S/C19H25N7O.2ClH/c1-20-18(15-11-21-23(2)12-15)19(27)25-9-7-24(8-10-25)13-16-14-26-6-4-3-5-17(26)22-16;;/h3-6,11-12,14,18,20H,7-10,13H2,1-2H3;2*1H. The summed E-state index contributed by atoms with van der Waals surface area (Å²) in [5, 5.41) is 7.30. The van der Waals surface area contributed by atoms with Gasteiger partial charge in [0, 0.05) is 63.9 Å². The van der Waals surface area contributed by atoms with Crippen LogP contribution in [-0.4, -0.2) is 68.1 Å². The summed E-state index contributed by atoms with van der Waals surface area (Å²) in [6, 6.07) is 5.67. The molecule has 3 aromatic rings. The topological polar surface area (TPSA) is 70.7 Å². The summed E-state index contributed by atoms with van der Waals surface area (Å²) in [7, 11) is 3.67. The van der Waals surface area contributed by atoms with Gasteiger partial charge in [-0.2, -0.15) is 5.10 Å². The molecule has 0 aromatic carbocycles. The third-order valence-corrected chi connectivity index (χ3v) is 5.08. The Morgan fingerprint density at radius 2 is 1.93 bits per heavy atom. The SMILES string of the molecule is CNC(C(=O)N1CCN(Cc2cn3ccccc3n2)CC1)c1cnn(C)c1.Cl.Cl. The molecule has 0 bridgehead atoms. The number of aryl methyl sites for hydroxylation is 1. The minimum absolute atomic E-state index is 0. The molecule has 0 spiro atoms. The van der Waals surface area contributed by atoms with Crippen LogP contribution in [0, 0.1) is 0 Å². The normalized spacial score (nSPS) is 15.6. The first-order valence-electron chi connectivity index (χ1n) is 9.23. The molecule has 4 heterocycles. The van der Waals surface area contributed by atoms with Gasteiger partial charge in [-0.25, -0.2) is 4.98 Å². The molecule has 0 aliphatic carbocycles. The highest BCUT2D eigenvalue weighted by Crippen LogP contribution is 2.17. The van der Waals surface area contributed by atoms with Gasteiger partial charge in [0.1, 0.15) is 11.7 Å². The molecule has 158 valence electrons. The molecule has 1 N–H and O–H groups in total. The zero-order valence-electron chi connectivity index (χ0n) is 16.6. The smallest absolute Gasteiger partial charge is 0.244 e. The molecule has 1 unspecified atom stereocenters. The van der Waals surface area contributed by atoms with Crippen molar-refractivity contribution in [3.8, 4) is 0 Å². The fourth-order valence-electron chi connectivity index (χ4n) is 3.62. The molecule has 3 aromatic heterocycles. The lowest BCUT2D eigenvalue weighted by Crippen LogP contribution is -2.51. The van der Waals surface area contributed by atoms with Crippen LogP contribution in [0.5, 0.6) is 0 Å². The second kappa shape index (κ2) is 10.1. The lowest BCUT2D eigenvalue weighted by Gasteiger charge is -2.36. The number of hydrogen-bond donors (Lipinski definition) is 1. The largest absolute Gasteiger partial charge is 0.338 e. The van der Waals surface area contributed by atoms with Gasteiger partial charge in [0.25, 0.3) is 0 Å². The molecule has 1 fully saturated rings. The number of nitrogens with zero attached hydrogens (tertiary/aromatic N) is 6. The van der Waals surface area contributed by atoms with Crippen molar-refractivity contribution in [2.24, 2.45) is 7.05 Å². The van der Waals surface area contributed by atoms with Crippen LogP contribution in [0.1, 0.15) is 17.3 Å². The highest BCUT2D eigenvalue weighted by Gasteiger charge is 2.28. The highest BCUT2D eigenvalue weighted by molar-refractivity contribution is 5.85. The number of aromatic nitrogens is 4. The average Bonchev–Trinajstić information content (AvgIpc) is 3.28. The third kappa shape index (κ3) is 5.08. The van der Waals surface area contributed by atoms with Crippen molar-refractivity contribution in [1.82, 2.24) is 34.3 Å². The van der Waals surface area contributed by atoms with Crippen LogP contribution < -0.4 is 5.32 Å². The van der Waals surface area contributed by atoms with E-state index in [1.165, 1.54) is 0 Å². The Balaban J connectivity index is 0.00000150. The molecule has 4 rings (SSSR count). The monoisotopic (exact) mass is 439 g/mol. The number of carbonyl (C=O) groups excluding carboxylic acids is 1. The maximum atomic E-state index is 12.9. The molecule has 1 atom stereocenters. The van der Waals surface area contributed by atoms with Gasteiger partial charge in [0.05, 0.1) is 11.9 Å². The number of amides is 1. The van der Waals surface area contributed by atoms with Gasteiger partial charge in [-0.3, -0.25) is 14.4 Å². The second-order valence-electron chi connectivity index (χ2n) is 6.97. The Bertz CT molecular complexity index is 900. The molecule has 8 nitrogen and oxygen atoms in total. The van der Waals surface area contributed by atoms with Crippen LogP contribution in [0.2, 0.25) is 0 Å². The fraction of sp³-hybridized carbons (Fsp3) is 0.421. The quantitative estimate of drug-likeness (QED) is 0.652. The first-order valence-corrected chi connectivity index (χ1v) is 9.23. The Morgan fingerprint density at radius 1 is 1.17 bits per heavy atom. The van der Waals surface area contributed by atoms with Crippen molar-refractivity contribution in [3.63, 3.8) is 0 Å². The number of pyridine rings is 1. The summed E-state index contributed by atoms with van der Waals surface area (Å²) in [6.07, 6.45) is 7.72. The molecule has 1 aliphatic rings. The predicted octanol–water partition coefficient (Wildman–Crippen LogP) is 1.52. The lowest BCUT2D eigenvalue weighted by atomic mass is 10.1. The van der Waals surface area contributed by atoms with Gasteiger partial charge in [-0.05, 0) is 19.2 Å². The maximum Gasteiger partial charge on any atom is 0.244 e. The summed E-state index contributed by atoms with van der Waals surface area (Å²) in [5.41, 5.74) is 2.93. The Labute approximate surface area is 182 Å². The fourth-order valence-corrected chi connectivity index (χ4v) is 3.62.